The van der Waals surface area contributed by atoms with Crippen LogP contribution in [0.3, 0.4) is 0 Å². The zero-order valence-corrected chi connectivity index (χ0v) is 19.1. The summed E-state index contributed by atoms with van der Waals surface area (Å²) < 4.78 is 7.23. The highest BCUT2D eigenvalue weighted by Crippen LogP contribution is 2.28. The molecule has 0 aliphatic heterocycles. The van der Waals surface area contributed by atoms with Crippen molar-refractivity contribution < 1.29 is 9.21 Å². The Bertz CT molecular complexity index is 1260. The normalized spacial score (nSPS) is 11.8. The van der Waals surface area contributed by atoms with Crippen LogP contribution in [0.2, 0.25) is 0 Å². The Morgan fingerprint density at radius 3 is 2.61 bits per heavy atom. The number of aryl methyl sites for hydroxylation is 1. The van der Waals surface area contributed by atoms with Gasteiger partial charge in [0.1, 0.15) is 5.76 Å². The van der Waals surface area contributed by atoms with Gasteiger partial charge in [-0.1, -0.05) is 59.8 Å². The highest BCUT2D eigenvalue weighted by atomic mass is 32.2. The molecular formula is C25H23N5O2S. The van der Waals surface area contributed by atoms with Crippen LogP contribution in [0, 0.1) is 6.92 Å². The average molecular weight is 458 g/mol. The summed E-state index contributed by atoms with van der Waals surface area (Å²) in [5, 5.41) is 13.4. The molecule has 0 saturated heterocycles. The van der Waals surface area contributed by atoms with Crippen LogP contribution in [0.5, 0.6) is 0 Å². The number of carbonyl (C=O) groups is 1. The van der Waals surface area contributed by atoms with Crippen molar-refractivity contribution in [3.05, 3.63) is 89.9 Å². The minimum absolute atomic E-state index is 0.150. The molecule has 0 aliphatic rings. The van der Waals surface area contributed by atoms with E-state index in [1.807, 2.05) is 91.2 Å². The molecule has 0 spiro atoms. The Morgan fingerprint density at radius 1 is 1.09 bits per heavy atom. The fourth-order valence-corrected chi connectivity index (χ4v) is 3.81. The zero-order chi connectivity index (χ0) is 23.0. The number of hydrogen-bond donors (Lipinski definition) is 1. The number of furan rings is 1. The fourth-order valence-electron chi connectivity index (χ4n) is 3.07. The predicted molar refractivity (Wildman–Crippen MR) is 131 cm³/mol. The van der Waals surface area contributed by atoms with Gasteiger partial charge < -0.3 is 4.42 Å². The van der Waals surface area contributed by atoms with Gasteiger partial charge in [-0.05, 0) is 49.8 Å². The number of rotatable bonds is 8. The third-order valence-electron chi connectivity index (χ3n) is 4.66. The monoisotopic (exact) mass is 457 g/mol. The van der Waals surface area contributed by atoms with Gasteiger partial charge in [0.25, 0.3) is 5.91 Å². The number of allylic oxidation sites excluding steroid dienone is 1. The van der Waals surface area contributed by atoms with Gasteiger partial charge in [-0.2, -0.15) is 5.10 Å². The molecule has 33 heavy (non-hydrogen) atoms. The summed E-state index contributed by atoms with van der Waals surface area (Å²) in [4.78, 5) is 12.3. The average Bonchev–Trinajstić information content (AvgIpc) is 3.49. The van der Waals surface area contributed by atoms with Crippen LogP contribution >= 0.6 is 11.8 Å². The SMILES string of the molecule is CC(/C=N\NC(=O)CSc1nnc(-c2ccccc2)n1-c1ccc(C)cc1)=C\c1ccco1. The maximum Gasteiger partial charge on any atom is 0.250 e. The molecule has 0 unspecified atom stereocenters. The number of carbonyl (C=O) groups excluding carboxylic acids is 1. The second kappa shape index (κ2) is 10.6. The molecule has 166 valence electrons. The molecule has 0 fully saturated rings. The molecule has 7 nitrogen and oxygen atoms in total. The third kappa shape index (κ3) is 5.87. The predicted octanol–water partition coefficient (Wildman–Crippen LogP) is 5.13. The second-order valence-electron chi connectivity index (χ2n) is 7.33. The van der Waals surface area contributed by atoms with E-state index in [0.717, 1.165) is 34.0 Å². The number of aromatic nitrogens is 3. The smallest absolute Gasteiger partial charge is 0.250 e. The highest BCUT2D eigenvalue weighted by Gasteiger charge is 2.17. The van der Waals surface area contributed by atoms with E-state index in [1.165, 1.54) is 11.8 Å². The van der Waals surface area contributed by atoms with Crippen molar-refractivity contribution in [2.45, 2.75) is 19.0 Å². The van der Waals surface area contributed by atoms with Gasteiger partial charge in [0.15, 0.2) is 11.0 Å². The summed E-state index contributed by atoms with van der Waals surface area (Å²) in [5.74, 6) is 1.36. The Labute approximate surface area is 196 Å². The molecule has 0 aliphatic carbocycles. The van der Waals surface area contributed by atoms with E-state index in [4.69, 9.17) is 4.42 Å². The minimum Gasteiger partial charge on any atom is -0.465 e. The number of amides is 1. The Morgan fingerprint density at radius 2 is 1.88 bits per heavy atom. The number of benzene rings is 2. The van der Waals surface area contributed by atoms with E-state index in [0.29, 0.717) is 5.16 Å². The molecule has 8 heteroatoms. The first-order chi connectivity index (χ1) is 16.1. The first kappa shape index (κ1) is 22.3. The zero-order valence-electron chi connectivity index (χ0n) is 18.3. The van der Waals surface area contributed by atoms with Crippen LogP contribution in [0.1, 0.15) is 18.2 Å². The largest absolute Gasteiger partial charge is 0.465 e. The van der Waals surface area contributed by atoms with Crippen LogP contribution in [0.25, 0.3) is 23.2 Å². The van der Waals surface area contributed by atoms with Gasteiger partial charge in [-0.3, -0.25) is 9.36 Å². The molecule has 2 aromatic heterocycles. The second-order valence-corrected chi connectivity index (χ2v) is 8.27. The number of hydrogen-bond acceptors (Lipinski definition) is 6. The van der Waals surface area contributed by atoms with Crippen LogP contribution in [-0.2, 0) is 4.79 Å². The lowest BCUT2D eigenvalue weighted by atomic mass is 10.2. The molecule has 1 amide bonds. The summed E-state index contributed by atoms with van der Waals surface area (Å²) in [6.45, 7) is 3.92. The van der Waals surface area contributed by atoms with Crippen molar-refractivity contribution in [1.82, 2.24) is 20.2 Å². The van der Waals surface area contributed by atoms with E-state index < -0.39 is 0 Å². The van der Waals surface area contributed by atoms with Gasteiger partial charge in [0.2, 0.25) is 0 Å². The first-order valence-electron chi connectivity index (χ1n) is 10.3. The van der Waals surface area contributed by atoms with Gasteiger partial charge in [-0.15, -0.1) is 10.2 Å². The molecule has 4 aromatic rings. The molecule has 1 N–H and O–H groups in total. The maximum absolute atomic E-state index is 12.3. The van der Waals surface area contributed by atoms with E-state index in [2.05, 4.69) is 20.7 Å². The summed E-state index contributed by atoms with van der Waals surface area (Å²) in [5.41, 5.74) is 6.45. The van der Waals surface area contributed by atoms with E-state index in [1.54, 1.807) is 12.5 Å². The van der Waals surface area contributed by atoms with Gasteiger partial charge in [-0.25, -0.2) is 5.43 Å². The molecule has 0 atom stereocenters. The van der Waals surface area contributed by atoms with Crippen molar-refractivity contribution >= 4 is 30.0 Å². The minimum atomic E-state index is -0.234. The van der Waals surface area contributed by atoms with E-state index >= 15 is 0 Å². The summed E-state index contributed by atoms with van der Waals surface area (Å²) >= 11 is 1.31. The molecule has 4 rings (SSSR count). The third-order valence-corrected chi connectivity index (χ3v) is 5.59. The van der Waals surface area contributed by atoms with Crippen molar-refractivity contribution in [3.63, 3.8) is 0 Å². The molecule has 2 heterocycles. The number of hydrazone groups is 1. The standard InChI is InChI=1S/C25H23N5O2S/c1-18-10-12-21(13-11-18)30-24(20-7-4-3-5-8-20)28-29-25(30)33-17-23(31)27-26-16-19(2)15-22-9-6-14-32-22/h3-16H,17H2,1-2H3,(H,27,31)/b19-15+,26-16-. The van der Waals surface area contributed by atoms with Crippen LogP contribution < -0.4 is 5.43 Å². The fraction of sp³-hybridized carbons (Fsp3) is 0.120. The van der Waals surface area contributed by atoms with Gasteiger partial charge in [0, 0.05) is 11.3 Å². The Kier molecular flexibility index (Phi) is 7.16. The summed E-state index contributed by atoms with van der Waals surface area (Å²) in [7, 11) is 0. The molecule has 0 radical (unpaired) electrons. The quantitative estimate of drug-likeness (QED) is 0.225. The van der Waals surface area contributed by atoms with Crippen molar-refractivity contribution in [2.75, 3.05) is 5.75 Å². The van der Waals surface area contributed by atoms with Gasteiger partial charge in [0.05, 0.1) is 18.2 Å². The van der Waals surface area contributed by atoms with Crippen LogP contribution in [0.4, 0.5) is 0 Å². The molecular weight excluding hydrogens is 434 g/mol. The van der Waals surface area contributed by atoms with Crippen molar-refractivity contribution in [3.8, 4) is 17.1 Å². The van der Waals surface area contributed by atoms with Crippen LogP contribution in [-0.4, -0.2) is 32.6 Å². The van der Waals surface area contributed by atoms with E-state index in [9.17, 15) is 4.79 Å². The number of nitrogens with zero attached hydrogens (tertiary/aromatic N) is 4. The van der Waals surface area contributed by atoms with Crippen LogP contribution in [0.15, 0.2) is 93.2 Å². The summed E-state index contributed by atoms with van der Waals surface area (Å²) in [6, 6.07) is 21.6. The highest BCUT2D eigenvalue weighted by molar-refractivity contribution is 7.99. The van der Waals surface area contributed by atoms with Crippen molar-refractivity contribution in [2.24, 2.45) is 5.10 Å². The van der Waals surface area contributed by atoms with E-state index in [-0.39, 0.29) is 11.7 Å². The number of thioether (sulfide) groups is 1. The van der Waals surface area contributed by atoms with Crippen molar-refractivity contribution in [1.29, 1.82) is 0 Å². The molecule has 0 bridgehead atoms. The number of nitrogens with one attached hydrogen (secondary N) is 1. The maximum atomic E-state index is 12.3. The topological polar surface area (TPSA) is 85.3 Å². The lowest BCUT2D eigenvalue weighted by Gasteiger charge is -2.10. The summed E-state index contributed by atoms with van der Waals surface area (Å²) in [6.07, 6.45) is 5.01. The molecule has 2 aromatic carbocycles. The lowest BCUT2D eigenvalue weighted by molar-refractivity contribution is -0.118. The Hall–Kier alpha value is -3.91. The van der Waals surface area contributed by atoms with Gasteiger partial charge >= 0.3 is 0 Å². The Balaban J connectivity index is 1.46. The molecule has 0 saturated carbocycles. The lowest BCUT2D eigenvalue weighted by Crippen LogP contribution is -2.20. The first-order valence-corrected chi connectivity index (χ1v) is 11.3.